The molecule has 1 fully saturated rings. The summed E-state index contributed by atoms with van der Waals surface area (Å²) in [6.07, 6.45) is 9.42. The molecule has 6 heterocycles. The van der Waals surface area contributed by atoms with E-state index in [1.807, 2.05) is 18.2 Å². The number of hydrogen-bond acceptors (Lipinski definition) is 8. The summed E-state index contributed by atoms with van der Waals surface area (Å²) >= 11 is 0. The van der Waals surface area contributed by atoms with Crippen LogP contribution in [-0.2, 0) is 0 Å². The average molecular weight is 551 g/mol. The highest BCUT2D eigenvalue weighted by Crippen LogP contribution is 2.33. The molecule has 41 heavy (non-hydrogen) atoms. The number of hydrogen-bond donors (Lipinski definition) is 2. The SMILES string of the molecule is COc1cc(F)cc(-c2nccc3[nH]c(-c4n[nH]c5cnc(-c6cncc(OCCN7CCCC7)c6)cc45)nc23)c1. The molecule has 11 heteroatoms. The lowest BCUT2D eigenvalue weighted by Crippen LogP contribution is -2.25. The summed E-state index contributed by atoms with van der Waals surface area (Å²) in [7, 11) is 1.50. The van der Waals surface area contributed by atoms with Gasteiger partial charge in [0.2, 0.25) is 0 Å². The van der Waals surface area contributed by atoms with Crippen LogP contribution in [0.5, 0.6) is 11.5 Å². The van der Waals surface area contributed by atoms with Crippen molar-refractivity contribution in [1.82, 2.24) is 40.0 Å². The number of likely N-dealkylation sites (tertiary alicyclic amines) is 1. The molecule has 7 rings (SSSR count). The molecular formula is C30H27FN8O2. The molecule has 1 aliphatic heterocycles. The summed E-state index contributed by atoms with van der Waals surface area (Å²) in [6, 6.07) is 10.2. The van der Waals surface area contributed by atoms with E-state index in [2.05, 4.69) is 35.0 Å². The molecule has 0 spiro atoms. The van der Waals surface area contributed by atoms with Crippen LogP contribution >= 0.6 is 0 Å². The Morgan fingerprint density at radius 2 is 1.80 bits per heavy atom. The topological polar surface area (TPSA) is 118 Å². The standard InChI is InChI=1S/C30H27FN8O2/c1-40-21-11-18(10-20(31)13-21)27-29-24(4-5-33-27)35-30(36-29)28-23-14-25(34-17-26(23)37-38-28)19-12-22(16-32-15-19)41-9-8-39-6-2-3-7-39/h4-5,10-17H,2-3,6-9H2,1H3,(H,35,36)(H,37,38). The van der Waals surface area contributed by atoms with Gasteiger partial charge in [-0.15, -0.1) is 0 Å². The predicted molar refractivity (Wildman–Crippen MR) is 153 cm³/mol. The Labute approximate surface area is 234 Å². The number of methoxy groups -OCH3 is 1. The zero-order chi connectivity index (χ0) is 27.8. The molecule has 1 saturated heterocycles. The van der Waals surface area contributed by atoms with Gasteiger partial charge in [0.15, 0.2) is 5.82 Å². The summed E-state index contributed by atoms with van der Waals surface area (Å²) in [5.41, 5.74) is 5.44. The molecule has 0 unspecified atom stereocenters. The van der Waals surface area contributed by atoms with Crippen LogP contribution in [0.25, 0.3) is 56.0 Å². The van der Waals surface area contributed by atoms with E-state index in [1.54, 1.807) is 30.9 Å². The second-order valence-electron chi connectivity index (χ2n) is 10.0. The number of pyridine rings is 3. The lowest BCUT2D eigenvalue weighted by Gasteiger charge is -2.15. The largest absolute Gasteiger partial charge is 0.497 e. The van der Waals surface area contributed by atoms with Gasteiger partial charge in [-0.05, 0) is 56.3 Å². The quantitative estimate of drug-likeness (QED) is 0.264. The molecule has 0 saturated carbocycles. The number of ether oxygens (including phenoxy) is 2. The van der Waals surface area contributed by atoms with Crippen LogP contribution in [0.4, 0.5) is 4.39 Å². The molecule has 0 bridgehead atoms. The van der Waals surface area contributed by atoms with E-state index in [4.69, 9.17) is 14.5 Å². The Kier molecular flexibility index (Phi) is 6.48. The van der Waals surface area contributed by atoms with Crippen LogP contribution in [-0.4, -0.2) is 73.4 Å². The lowest BCUT2D eigenvalue weighted by molar-refractivity contribution is 0.237. The molecule has 0 amide bonds. The van der Waals surface area contributed by atoms with Crippen molar-refractivity contribution in [3.05, 3.63) is 67.0 Å². The van der Waals surface area contributed by atoms with E-state index < -0.39 is 5.82 Å². The molecule has 6 aromatic rings. The minimum Gasteiger partial charge on any atom is -0.497 e. The number of H-pyrrole nitrogens is 2. The van der Waals surface area contributed by atoms with Gasteiger partial charge in [0.05, 0.1) is 41.9 Å². The van der Waals surface area contributed by atoms with E-state index in [0.29, 0.717) is 46.4 Å². The van der Waals surface area contributed by atoms with E-state index in [-0.39, 0.29) is 0 Å². The average Bonchev–Trinajstić information content (AvgIpc) is 3.76. The third-order valence-electron chi connectivity index (χ3n) is 7.34. The first-order chi connectivity index (χ1) is 20.1. The number of halogens is 1. The van der Waals surface area contributed by atoms with Gasteiger partial charge in [-0.3, -0.25) is 25.0 Å². The number of rotatable bonds is 8. The Hall–Kier alpha value is -4.90. The highest BCUT2D eigenvalue weighted by molar-refractivity contribution is 5.96. The maximum absolute atomic E-state index is 14.3. The zero-order valence-electron chi connectivity index (χ0n) is 22.4. The number of benzene rings is 1. The molecule has 0 aliphatic carbocycles. The third kappa shape index (κ3) is 4.95. The molecular weight excluding hydrogens is 523 g/mol. The number of aromatic nitrogens is 7. The fraction of sp³-hybridized carbons (Fsp3) is 0.233. The van der Waals surface area contributed by atoms with Gasteiger partial charge in [0.1, 0.15) is 35.1 Å². The summed E-state index contributed by atoms with van der Waals surface area (Å²) in [5, 5.41) is 8.42. The predicted octanol–water partition coefficient (Wildman–Crippen LogP) is 5.25. The van der Waals surface area contributed by atoms with Crippen LogP contribution in [0, 0.1) is 5.82 Å². The van der Waals surface area contributed by atoms with Gasteiger partial charge in [0, 0.05) is 41.5 Å². The molecule has 1 aliphatic rings. The van der Waals surface area contributed by atoms with Crippen molar-refractivity contribution in [2.75, 3.05) is 33.4 Å². The molecule has 0 atom stereocenters. The summed E-state index contributed by atoms with van der Waals surface area (Å²) in [4.78, 5) is 24.1. The van der Waals surface area contributed by atoms with Gasteiger partial charge >= 0.3 is 0 Å². The molecule has 1 aromatic carbocycles. The monoisotopic (exact) mass is 550 g/mol. The smallest absolute Gasteiger partial charge is 0.159 e. The number of fused-ring (bicyclic) bond motifs is 2. The van der Waals surface area contributed by atoms with E-state index in [0.717, 1.165) is 47.3 Å². The molecule has 0 radical (unpaired) electrons. The normalized spacial score (nSPS) is 13.8. The van der Waals surface area contributed by atoms with E-state index >= 15 is 0 Å². The Balaban J connectivity index is 1.21. The Bertz CT molecular complexity index is 1860. The number of imidazole rings is 1. The van der Waals surface area contributed by atoms with Crippen LogP contribution in [0.2, 0.25) is 0 Å². The fourth-order valence-corrected chi connectivity index (χ4v) is 5.27. The minimum absolute atomic E-state index is 0.406. The molecule has 5 aromatic heterocycles. The number of nitrogens with one attached hydrogen (secondary N) is 2. The summed E-state index contributed by atoms with van der Waals surface area (Å²) < 4.78 is 25.5. The molecule has 10 nitrogen and oxygen atoms in total. The lowest BCUT2D eigenvalue weighted by atomic mass is 10.1. The van der Waals surface area contributed by atoms with Crippen molar-refractivity contribution < 1.29 is 13.9 Å². The van der Waals surface area contributed by atoms with Crippen molar-refractivity contribution in [3.63, 3.8) is 0 Å². The Morgan fingerprint density at radius 3 is 2.68 bits per heavy atom. The van der Waals surface area contributed by atoms with E-state index in [1.165, 1.54) is 32.1 Å². The van der Waals surface area contributed by atoms with E-state index in [9.17, 15) is 4.39 Å². The van der Waals surface area contributed by atoms with Gasteiger partial charge in [-0.25, -0.2) is 9.37 Å². The second-order valence-corrected chi connectivity index (χ2v) is 10.0. The highest BCUT2D eigenvalue weighted by atomic mass is 19.1. The van der Waals surface area contributed by atoms with Crippen LogP contribution in [0.1, 0.15) is 12.8 Å². The molecule has 2 N–H and O–H groups in total. The van der Waals surface area contributed by atoms with Crippen LogP contribution < -0.4 is 9.47 Å². The first kappa shape index (κ1) is 25.1. The van der Waals surface area contributed by atoms with Crippen molar-refractivity contribution in [3.8, 4) is 45.5 Å². The van der Waals surface area contributed by atoms with Crippen molar-refractivity contribution >= 4 is 21.9 Å². The second kappa shape index (κ2) is 10.6. The highest BCUT2D eigenvalue weighted by Gasteiger charge is 2.18. The van der Waals surface area contributed by atoms with Crippen LogP contribution in [0.3, 0.4) is 0 Å². The van der Waals surface area contributed by atoms with Gasteiger partial charge in [-0.2, -0.15) is 5.10 Å². The van der Waals surface area contributed by atoms with Gasteiger partial charge in [0.25, 0.3) is 0 Å². The van der Waals surface area contributed by atoms with Crippen molar-refractivity contribution in [2.45, 2.75) is 12.8 Å². The maximum atomic E-state index is 14.3. The third-order valence-corrected chi connectivity index (χ3v) is 7.34. The number of aromatic amines is 2. The summed E-state index contributed by atoms with van der Waals surface area (Å²) in [5.74, 6) is 1.26. The first-order valence-corrected chi connectivity index (χ1v) is 13.5. The number of nitrogens with zero attached hydrogens (tertiary/aromatic N) is 6. The van der Waals surface area contributed by atoms with Crippen molar-refractivity contribution in [2.24, 2.45) is 0 Å². The molecule has 206 valence electrons. The maximum Gasteiger partial charge on any atom is 0.159 e. The fourth-order valence-electron chi connectivity index (χ4n) is 5.27. The van der Waals surface area contributed by atoms with Crippen LogP contribution in [0.15, 0.2) is 61.2 Å². The van der Waals surface area contributed by atoms with Crippen molar-refractivity contribution in [1.29, 1.82) is 0 Å². The zero-order valence-corrected chi connectivity index (χ0v) is 22.4. The van der Waals surface area contributed by atoms with Gasteiger partial charge in [-0.1, -0.05) is 0 Å². The summed E-state index contributed by atoms with van der Waals surface area (Å²) in [6.45, 7) is 3.81. The Morgan fingerprint density at radius 1 is 0.927 bits per heavy atom. The first-order valence-electron chi connectivity index (χ1n) is 13.5. The van der Waals surface area contributed by atoms with Gasteiger partial charge < -0.3 is 14.5 Å². The minimum atomic E-state index is -0.414.